The Morgan fingerprint density at radius 3 is 2.36 bits per heavy atom. The summed E-state index contributed by atoms with van der Waals surface area (Å²) >= 11 is 0. The van der Waals surface area contributed by atoms with E-state index < -0.39 is 0 Å². The zero-order valence-corrected chi connectivity index (χ0v) is 14.6. The summed E-state index contributed by atoms with van der Waals surface area (Å²) in [5, 5.41) is 0. The van der Waals surface area contributed by atoms with Crippen molar-refractivity contribution in [3.05, 3.63) is 59.7 Å². The Morgan fingerprint density at radius 2 is 1.72 bits per heavy atom. The van der Waals surface area contributed by atoms with Crippen LogP contribution in [0.4, 0.5) is 4.79 Å². The van der Waals surface area contributed by atoms with Crippen LogP contribution >= 0.6 is 0 Å². The predicted octanol–water partition coefficient (Wildman–Crippen LogP) is 4.18. The second-order valence-corrected chi connectivity index (χ2v) is 5.97. The first-order valence-electron chi connectivity index (χ1n) is 8.42. The van der Waals surface area contributed by atoms with Gasteiger partial charge in [0, 0.05) is 6.54 Å². The van der Waals surface area contributed by atoms with Gasteiger partial charge in [-0.25, -0.2) is 4.79 Å². The summed E-state index contributed by atoms with van der Waals surface area (Å²) in [5.41, 5.74) is 1.88. The minimum atomic E-state index is -0.306. The Kier molecular flexibility index (Phi) is 5.43. The highest BCUT2D eigenvalue weighted by molar-refractivity contribution is 5.69. The summed E-state index contributed by atoms with van der Waals surface area (Å²) in [5.74, 6) is 1.46. The second kappa shape index (κ2) is 7.92. The van der Waals surface area contributed by atoms with E-state index in [0.717, 1.165) is 35.5 Å². The minimum absolute atomic E-state index is 0.102. The molecule has 0 N–H and O–H groups in total. The van der Waals surface area contributed by atoms with Gasteiger partial charge in [-0.2, -0.15) is 0 Å². The fraction of sp³-hybridized carbons (Fsp3) is 0.350. The molecule has 0 radical (unpaired) electrons. The van der Waals surface area contributed by atoms with Crippen molar-refractivity contribution in [1.29, 1.82) is 0 Å². The van der Waals surface area contributed by atoms with Crippen LogP contribution in [0.15, 0.2) is 48.5 Å². The molecule has 1 saturated heterocycles. The molecule has 5 nitrogen and oxygen atoms in total. The van der Waals surface area contributed by atoms with Gasteiger partial charge in [0.25, 0.3) is 0 Å². The monoisotopic (exact) mass is 341 g/mol. The number of methoxy groups -OCH3 is 2. The molecule has 0 saturated carbocycles. The standard InChI is InChI=1S/C20H23NO4/c1-23-17-11-6-12-18(24-2)19(17)16-10-7-13-21(16)20(22)25-14-15-8-4-3-5-9-15/h3-6,8-9,11-12,16H,7,10,13-14H2,1-2H3/t16-/m0/s1. The smallest absolute Gasteiger partial charge is 0.410 e. The van der Waals surface area contributed by atoms with Gasteiger partial charge in [0.1, 0.15) is 18.1 Å². The van der Waals surface area contributed by atoms with E-state index in [9.17, 15) is 4.79 Å². The highest BCUT2D eigenvalue weighted by Crippen LogP contribution is 2.42. The Bertz CT molecular complexity index is 695. The van der Waals surface area contributed by atoms with Crippen molar-refractivity contribution < 1.29 is 19.0 Å². The summed E-state index contributed by atoms with van der Waals surface area (Å²) in [4.78, 5) is 14.4. The lowest BCUT2D eigenvalue weighted by atomic mass is 10.0. The number of amides is 1. The Balaban J connectivity index is 1.77. The van der Waals surface area contributed by atoms with Gasteiger partial charge in [-0.05, 0) is 30.5 Å². The first kappa shape index (κ1) is 17.1. The largest absolute Gasteiger partial charge is 0.496 e. The molecular weight excluding hydrogens is 318 g/mol. The maximum absolute atomic E-state index is 12.6. The molecule has 1 aliphatic rings. The number of nitrogens with zero attached hydrogens (tertiary/aromatic N) is 1. The molecule has 1 fully saturated rings. The van der Waals surface area contributed by atoms with Crippen LogP contribution in [0, 0.1) is 0 Å². The lowest BCUT2D eigenvalue weighted by Crippen LogP contribution is -2.31. The number of rotatable bonds is 5. The van der Waals surface area contributed by atoms with E-state index in [0.29, 0.717) is 6.54 Å². The van der Waals surface area contributed by atoms with E-state index in [1.165, 1.54) is 0 Å². The third-order valence-corrected chi connectivity index (χ3v) is 4.49. The summed E-state index contributed by atoms with van der Waals surface area (Å²) in [6.45, 7) is 0.936. The molecule has 0 unspecified atom stereocenters. The molecule has 25 heavy (non-hydrogen) atoms. The van der Waals surface area contributed by atoms with Crippen molar-refractivity contribution in [3.63, 3.8) is 0 Å². The van der Waals surface area contributed by atoms with Crippen molar-refractivity contribution in [1.82, 2.24) is 4.90 Å². The van der Waals surface area contributed by atoms with Crippen LogP contribution in [0.5, 0.6) is 11.5 Å². The zero-order chi connectivity index (χ0) is 17.6. The summed E-state index contributed by atoms with van der Waals surface area (Å²) in [6.07, 6.45) is 1.48. The molecular formula is C20H23NO4. The topological polar surface area (TPSA) is 48.0 Å². The van der Waals surface area contributed by atoms with Crippen LogP contribution in [0.1, 0.15) is 30.0 Å². The van der Waals surface area contributed by atoms with E-state index in [4.69, 9.17) is 14.2 Å². The van der Waals surface area contributed by atoms with Crippen LogP contribution in [0.2, 0.25) is 0 Å². The molecule has 0 spiro atoms. The highest BCUT2D eigenvalue weighted by atomic mass is 16.6. The van der Waals surface area contributed by atoms with Crippen molar-refractivity contribution in [2.45, 2.75) is 25.5 Å². The minimum Gasteiger partial charge on any atom is -0.496 e. The molecule has 0 bridgehead atoms. The van der Waals surface area contributed by atoms with E-state index >= 15 is 0 Å². The van der Waals surface area contributed by atoms with Crippen molar-refractivity contribution in [2.24, 2.45) is 0 Å². The van der Waals surface area contributed by atoms with Gasteiger partial charge in [0.2, 0.25) is 0 Å². The number of hydrogen-bond acceptors (Lipinski definition) is 4. The predicted molar refractivity (Wildman–Crippen MR) is 94.9 cm³/mol. The van der Waals surface area contributed by atoms with Crippen molar-refractivity contribution in [2.75, 3.05) is 20.8 Å². The first-order chi connectivity index (χ1) is 12.2. The summed E-state index contributed by atoms with van der Waals surface area (Å²) < 4.78 is 16.5. The number of ether oxygens (including phenoxy) is 3. The molecule has 1 atom stereocenters. The quantitative estimate of drug-likeness (QED) is 0.819. The van der Waals surface area contributed by atoms with Crippen LogP contribution in [0.3, 0.4) is 0 Å². The Labute approximate surface area is 148 Å². The van der Waals surface area contributed by atoms with Gasteiger partial charge >= 0.3 is 6.09 Å². The van der Waals surface area contributed by atoms with Gasteiger partial charge in [-0.3, -0.25) is 0 Å². The third kappa shape index (κ3) is 3.71. The second-order valence-electron chi connectivity index (χ2n) is 5.97. The fourth-order valence-electron chi connectivity index (χ4n) is 3.30. The summed E-state index contributed by atoms with van der Waals surface area (Å²) in [7, 11) is 3.26. The van der Waals surface area contributed by atoms with Crippen LogP contribution in [-0.4, -0.2) is 31.8 Å². The normalized spacial score (nSPS) is 16.6. The number of carbonyl (C=O) groups excluding carboxylic acids is 1. The molecule has 132 valence electrons. The van der Waals surface area contributed by atoms with E-state index in [-0.39, 0.29) is 18.7 Å². The van der Waals surface area contributed by atoms with Gasteiger partial charge in [0.05, 0.1) is 25.8 Å². The van der Waals surface area contributed by atoms with E-state index in [1.54, 1.807) is 19.1 Å². The van der Waals surface area contributed by atoms with Gasteiger partial charge in [-0.1, -0.05) is 36.4 Å². The number of likely N-dealkylation sites (tertiary alicyclic amines) is 1. The van der Waals surface area contributed by atoms with E-state index in [2.05, 4.69) is 0 Å². The molecule has 2 aromatic carbocycles. The maximum atomic E-state index is 12.6. The lowest BCUT2D eigenvalue weighted by molar-refractivity contribution is 0.0913. The molecule has 1 amide bonds. The molecule has 5 heteroatoms. The average Bonchev–Trinajstić information content (AvgIpc) is 3.15. The lowest BCUT2D eigenvalue weighted by Gasteiger charge is -2.27. The third-order valence-electron chi connectivity index (χ3n) is 4.49. The zero-order valence-electron chi connectivity index (χ0n) is 14.6. The Morgan fingerprint density at radius 1 is 1.04 bits per heavy atom. The molecule has 2 aromatic rings. The molecule has 1 heterocycles. The molecule has 0 aliphatic carbocycles. The van der Waals surface area contributed by atoms with Gasteiger partial charge in [-0.15, -0.1) is 0 Å². The Hall–Kier alpha value is -2.69. The number of hydrogen-bond donors (Lipinski definition) is 0. The SMILES string of the molecule is COc1cccc(OC)c1[C@@H]1CCCN1C(=O)OCc1ccccc1. The van der Waals surface area contributed by atoms with Crippen molar-refractivity contribution >= 4 is 6.09 Å². The molecule has 1 aliphatic heterocycles. The first-order valence-corrected chi connectivity index (χ1v) is 8.42. The van der Waals surface area contributed by atoms with Gasteiger partial charge < -0.3 is 19.1 Å². The molecule has 3 rings (SSSR count). The van der Waals surface area contributed by atoms with Gasteiger partial charge in [0.15, 0.2) is 0 Å². The number of benzene rings is 2. The van der Waals surface area contributed by atoms with Crippen LogP contribution in [0.25, 0.3) is 0 Å². The van der Waals surface area contributed by atoms with Crippen LogP contribution < -0.4 is 9.47 Å². The average molecular weight is 341 g/mol. The summed E-state index contributed by atoms with van der Waals surface area (Å²) in [6, 6.07) is 15.3. The van der Waals surface area contributed by atoms with Crippen LogP contribution in [-0.2, 0) is 11.3 Å². The highest BCUT2D eigenvalue weighted by Gasteiger charge is 2.35. The fourth-order valence-corrected chi connectivity index (χ4v) is 3.30. The molecule has 0 aromatic heterocycles. The van der Waals surface area contributed by atoms with Crippen molar-refractivity contribution in [3.8, 4) is 11.5 Å². The van der Waals surface area contributed by atoms with E-state index in [1.807, 2.05) is 48.5 Å². The number of carbonyl (C=O) groups is 1. The maximum Gasteiger partial charge on any atom is 0.410 e.